The zero-order valence-electron chi connectivity index (χ0n) is 10.7. The van der Waals surface area contributed by atoms with Gasteiger partial charge in [-0.2, -0.15) is 0 Å². The summed E-state index contributed by atoms with van der Waals surface area (Å²) in [6.07, 6.45) is 2.61. The summed E-state index contributed by atoms with van der Waals surface area (Å²) in [4.78, 5) is 3.31. The van der Waals surface area contributed by atoms with Crippen LogP contribution in [-0.2, 0) is 16.6 Å². The molecule has 2 N–H and O–H groups in total. The predicted molar refractivity (Wildman–Crippen MR) is 68.3 cm³/mol. The lowest BCUT2D eigenvalue weighted by molar-refractivity contribution is 0.486. The normalized spacial score (nSPS) is 12.2. The summed E-state index contributed by atoms with van der Waals surface area (Å²) in [7, 11) is -1.74. The van der Waals surface area contributed by atoms with E-state index in [9.17, 15) is 8.42 Å². The van der Waals surface area contributed by atoms with Crippen molar-refractivity contribution < 1.29 is 8.42 Å². The van der Waals surface area contributed by atoms with Crippen LogP contribution in [0.1, 0.15) is 26.0 Å². The van der Waals surface area contributed by atoms with Crippen molar-refractivity contribution in [1.82, 2.24) is 14.6 Å². The van der Waals surface area contributed by atoms with Crippen LogP contribution in [0.4, 0.5) is 0 Å². The molecule has 5 nitrogen and oxygen atoms in total. The fraction of sp³-hybridized carbons (Fsp3) is 0.636. The number of aromatic amines is 1. The first-order valence-electron chi connectivity index (χ1n) is 5.86. The monoisotopic (exact) mass is 259 g/mol. The fourth-order valence-corrected chi connectivity index (χ4v) is 2.62. The number of sulfonamides is 1. The fourth-order valence-electron chi connectivity index (χ4n) is 1.42. The highest BCUT2D eigenvalue weighted by atomic mass is 32.2. The van der Waals surface area contributed by atoms with Gasteiger partial charge in [-0.15, -0.1) is 0 Å². The molecule has 98 valence electrons. The summed E-state index contributed by atoms with van der Waals surface area (Å²) < 4.78 is 25.3. The Kier molecular flexibility index (Phi) is 5.17. The number of H-pyrrole nitrogens is 1. The van der Waals surface area contributed by atoms with Crippen LogP contribution in [0.2, 0.25) is 0 Å². The van der Waals surface area contributed by atoms with Crippen molar-refractivity contribution in [2.45, 2.75) is 31.7 Å². The molecule has 0 saturated heterocycles. The number of aromatic nitrogens is 1. The van der Waals surface area contributed by atoms with Crippen molar-refractivity contribution in [3.05, 3.63) is 18.0 Å². The van der Waals surface area contributed by atoms with E-state index in [0.717, 1.165) is 18.7 Å². The van der Waals surface area contributed by atoms with Gasteiger partial charge >= 0.3 is 0 Å². The van der Waals surface area contributed by atoms with Crippen molar-refractivity contribution in [3.8, 4) is 0 Å². The summed E-state index contributed by atoms with van der Waals surface area (Å²) in [5, 5.41) is 3.22. The van der Waals surface area contributed by atoms with E-state index in [-0.39, 0.29) is 0 Å². The van der Waals surface area contributed by atoms with E-state index in [0.29, 0.717) is 18.0 Å². The Labute approximate surface area is 103 Å². The molecule has 0 unspecified atom stereocenters. The Morgan fingerprint density at radius 3 is 2.71 bits per heavy atom. The average Bonchev–Trinajstić information content (AvgIpc) is 2.77. The number of nitrogens with zero attached hydrogens (tertiary/aromatic N) is 1. The van der Waals surface area contributed by atoms with Crippen molar-refractivity contribution >= 4 is 10.0 Å². The van der Waals surface area contributed by atoms with Gasteiger partial charge in [-0.1, -0.05) is 13.8 Å². The average molecular weight is 259 g/mol. The predicted octanol–water partition coefficient (Wildman–Crippen LogP) is 1.15. The van der Waals surface area contributed by atoms with E-state index in [1.54, 1.807) is 19.3 Å². The van der Waals surface area contributed by atoms with Gasteiger partial charge < -0.3 is 10.3 Å². The molecule has 0 spiro atoms. The molecule has 0 bridgehead atoms. The third-order valence-electron chi connectivity index (χ3n) is 2.61. The highest BCUT2D eigenvalue weighted by Gasteiger charge is 2.20. The van der Waals surface area contributed by atoms with Gasteiger partial charge in [0.05, 0.1) is 4.90 Å². The summed E-state index contributed by atoms with van der Waals surface area (Å²) in [6, 6.07) is 1.68. The smallest absolute Gasteiger partial charge is 0.244 e. The van der Waals surface area contributed by atoms with Crippen LogP contribution in [0.25, 0.3) is 0 Å². The van der Waals surface area contributed by atoms with Crippen LogP contribution in [0, 0.1) is 0 Å². The number of rotatable bonds is 7. The first kappa shape index (κ1) is 14.2. The molecular weight excluding hydrogens is 238 g/mol. The molecule has 0 aromatic carbocycles. The van der Waals surface area contributed by atoms with Gasteiger partial charge in [-0.25, -0.2) is 12.7 Å². The zero-order chi connectivity index (χ0) is 12.9. The lowest BCUT2D eigenvalue weighted by atomic mass is 10.4. The summed E-state index contributed by atoms with van der Waals surface area (Å²) in [5.41, 5.74) is 0.890. The van der Waals surface area contributed by atoms with Crippen molar-refractivity contribution in [1.29, 1.82) is 0 Å². The molecular formula is C11H21N3O2S. The molecule has 0 aliphatic heterocycles. The van der Waals surface area contributed by atoms with Gasteiger partial charge in [0.15, 0.2) is 0 Å². The molecule has 17 heavy (non-hydrogen) atoms. The first-order chi connectivity index (χ1) is 8.02. The van der Waals surface area contributed by atoms with E-state index < -0.39 is 10.0 Å². The second-order valence-corrected chi connectivity index (χ2v) is 6.00. The van der Waals surface area contributed by atoms with Crippen molar-refractivity contribution in [3.63, 3.8) is 0 Å². The largest absolute Gasteiger partial charge is 0.363 e. The molecule has 0 aliphatic carbocycles. The molecule has 1 heterocycles. The van der Waals surface area contributed by atoms with E-state index >= 15 is 0 Å². The van der Waals surface area contributed by atoms with Crippen LogP contribution in [0.5, 0.6) is 0 Å². The molecule has 1 aromatic rings. The summed E-state index contributed by atoms with van der Waals surface area (Å²) in [5.74, 6) is 0. The number of nitrogens with one attached hydrogen (secondary N) is 2. The maximum absolute atomic E-state index is 12.0. The molecule has 0 aliphatic rings. The van der Waals surface area contributed by atoms with E-state index in [1.165, 1.54) is 4.31 Å². The van der Waals surface area contributed by atoms with Crippen LogP contribution in [0.15, 0.2) is 17.2 Å². The molecule has 0 saturated carbocycles. The third-order valence-corrected chi connectivity index (χ3v) is 4.52. The molecule has 6 heteroatoms. The van der Waals surface area contributed by atoms with Crippen LogP contribution < -0.4 is 5.32 Å². The minimum atomic E-state index is -3.32. The molecule has 1 aromatic heterocycles. The molecule has 0 radical (unpaired) electrons. The first-order valence-corrected chi connectivity index (χ1v) is 7.30. The SMILES string of the molecule is CCCNCc1cc(S(=O)(=O)N(C)CC)c[nH]1. The highest BCUT2D eigenvalue weighted by molar-refractivity contribution is 7.89. The van der Waals surface area contributed by atoms with Gasteiger partial charge in [-0.05, 0) is 19.0 Å². The second kappa shape index (κ2) is 6.18. The molecule has 1 rings (SSSR count). The van der Waals surface area contributed by atoms with Gasteiger partial charge in [0, 0.05) is 32.0 Å². The summed E-state index contributed by atoms with van der Waals surface area (Å²) >= 11 is 0. The second-order valence-electron chi connectivity index (χ2n) is 3.96. The van der Waals surface area contributed by atoms with Crippen molar-refractivity contribution in [2.24, 2.45) is 0 Å². The third kappa shape index (κ3) is 3.55. The highest BCUT2D eigenvalue weighted by Crippen LogP contribution is 2.15. The van der Waals surface area contributed by atoms with Crippen molar-refractivity contribution in [2.75, 3.05) is 20.1 Å². The van der Waals surface area contributed by atoms with E-state index in [4.69, 9.17) is 0 Å². The van der Waals surface area contributed by atoms with Crippen LogP contribution in [-0.4, -0.2) is 37.8 Å². The minimum Gasteiger partial charge on any atom is -0.363 e. The zero-order valence-corrected chi connectivity index (χ0v) is 11.5. The summed E-state index contributed by atoms with van der Waals surface area (Å²) in [6.45, 7) is 5.97. The Hall–Kier alpha value is -0.850. The topological polar surface area (TPSA) is 65.2 Å². The maximum atomic E-state index is 12.0. The standard InChI is InChI=1S/C11H21N3O2S/c1-4-6-12-8-10-7-11(9-13-10)17(15,16)14(3)5-2/h7,9,12-13H,4-6,8H2,1-3H3. The molecule has 0 amide bonds. The van der Waals surface area contributed by atoms with E-state index in [2.05, 4.69) is 17.2 Å². The van der Waals surface area contributed by atoms with Crippen LogP contribution in [0.3, 0.4) is 0 Å². The maximum Gasteiger partial charge on any atom is 0.244 e. The van der Waals surface area contributed by atoms with E-state index in [1.807, 2.05) is 6.92 Å². The quantitative estimate of drug-likeness (QED) is 0.722. The van der Waals surface area contributed by atoms with Gasteiger partial charge in [0.1, 0.15) is 0 Å². The lowest BCUT2D eigenvalue weighted by Crippen LogP contribution is -2.26. The Balaban J connectivity index is 2.74. The Morgan fingerprint density at radius 1 is 1.41 bits per heavy atom. The Morgan fingerprint density at radius 2 is 2.12 bits per heavy atom. The van der Waals surface area contributed by atoms with Crippen LogP contribution >= 0.6 is 0 Å². The molecule has 0 atom stereocenters. The number of hydrogen-bond acceptors (Lipinski definition) is 3. The van der Waals surface area contributed by atoms with Gasteiger partial charge in [0.2, 0.25) is 10.0 Å². The Bertz CT molecular complexity index is 439. The lowest BCUT2D eigenvalue weighted by Gasteiger charge is -2.12. The molecule has 0 fully saturated rings. The van der Waals surface area contributed by atoms with Gasteiger partial charge in [0.25, 0.3) is 0 Å². The minimum absolute atomic E-state index is 0.329. The van der Waals surface area contributed by atoms with Gasteiger partial charge in [-0.3, -0.25) is 0 Å². The number of hydrogen-bond donors (Lipinski definition) is 2.